The van der Waals surface area contributed by atoms with Crippen molar-refractivity contribution >= 4 is 21.7 Å². The van der Waals surface area contributed by atoms with Gasteiger partial charge in [-0.1, -0.05) is 30.3 Å². The van der Waals surface area contributed by atoms with E-state index in [1.807, 2.05) is 24.6 Å². The Kier molecular flexibility index (Phi) is 3.14. The predicted octanol–water partition coefficient (Wildman–Crippen LogP) is 2.92. The Morgan fingerprint density at radius 1 is 1.16 bits per heavy atom. The van der Waals surface area contributed by atoms with Crippen LogP contribution in [0.5, 0.6) is 0 Å². The van der Waals surface area contributed by atoms with Crippen molar-refractivity contribution in [2.45, 2.75) is 19.8 Å². The van der Waals surface area contributed by atoms with Gasteiger partial charge in [0.05, 0.1) is 5.69 Å². The fourth-order valence-electron chi connectivity index (χ4n) is 2.21. The van der Waals surface area contributed by atoms with Gasteiger partial charge in [-0.15, -0.1) is 0 Å². The van der Waals surface area contributed by atoms with E-state index in [0.29, 0.717) is 0 Å². The van der Waals surface area contributed by atoms with Gasteiger partial charge in [0, 0.05) is 13.5 Å². The van der Waals surface area contributed by atoms with E-state index in [1.165, 1.54) is 5.56 Å². The first-order valence-corrected chi connectivity index (χ1v) is 7.06. The lowest BCUT2D eigenvalue weighted by Crippen LogP contribution is -2.01. The predicted molar refractivity (Wildman–Crippen MR) is 78.2 cm³/mol. The largest absolute Gasteiger partial charge is 0.300 e. The standard InChI is InChI=1S/C14H15BrN4/c1-10-13(15)19-14(16-10)18(2)12(17-19)9-8-11-6-4-3-5-7-11/h3-7H,8-9H2,1-2H3. The van der Waals surface area contributed by atoms with E-state index in [0.717, 1.165) is 34.7 Å². The lowest BCUT2D eigenvalue weighted by Gasteiger charge is -2.01. The highest BCUT2D eigenvalue weighted by atomic mass is 79.9. The Morgan fingerprint density at radius 2 is 1.89 bits per heavy atom. The van der Waals surface area contributed by atoms with Gasteiger partial charge < -0.3 is 0 Å². The zero-order chi connectivity index (χ0) is 13.4. The molecule has 0 spiro atoms. The fourth-order valence-corrected chi connectivity index (χ4v) is 2.53. The molecule has 3 rings (SSSR count). The van der Waals surface area contributed by atoms with Crippen molar-refractivity contribution in [3.05, 3.63) is 52.0 Å². The number of halogens is 1. The third kappa shape index (κ3) is 2.18. The van der Waals surface area contributed by atoms with Gasteiger partial charge in [0.1, 0.15) is 10.4 Å². The average Bonchev–Trinajstić information content (AvgIpc) is 2.88. The smallest absolute Gasteiger partial charge is 0.233 e. The number of imidazole rings is 1. The van der Waals surface area contributed by atoms with Gasteiger partial charge in [-0.2, -0.15) is 9.61 Å². The van der Waals surface area contributed by atoms with Crippen LogP contribution in [0.15, 0.2) is 34.9 Å². The highest BCUT2D eigenvalue weighted by Crippen LogP contribution is 2.18. The minimum Gasteiger partial charge on any atom is -0.300 e. The van der Waals surface area contributed by atoms with E-state index < -0.39 is 0 Å². The van der Waals surface area contributed by atoms with Crippen LogP contribution in [-0.2, 0) is 19.9 Å². The number of benzene rings is 1. The molecule has 0 atom stereocenters. The van der Waals surface area contributed by atoms with E-state index in [4.69, 9.17) is 0 Å². The number of fused-ring (bicyclic) bond motifs is 1. The summed E-state index contributed by atoms with van der Waals surface area (Å²) in [4.78, 5) is 4.50. The molecule has 0 amide bonds. The molecule has 0 radical (unpaired) electrons. The van der Waals surface area contributed by atoms with Crippen molar-refractivity contribution in [3.63, 3.8) is 0 Å². The molecular weight excluding hydrogens is 304 g/mol. The first-order chi connectivity index (χ1) is 9.16. The molecule has 3 aromatic rings. The quantitative estimate of drug-likeness (QED) is 0.744. The van der Waals surface area contributed by atoms with Crippen LogP contribution in [-0.4, -0.2) is 19.2 Å². The average molecular weight is 319 g/mol. The van der Waals surface area contributed by atoms with Crippen molar-refractivity contribution in [2.24, 2.45) is 7.05 Å². The van der Waals surface area contributed by atoms with Gasteiger partial charge in [-0.3, -0.25) is 4.57 Å². The van der Waals surface area contributed by atoms with Crippen LogP contribution in [0.3, 0.4) is 0 Å². The molecule has 19 heavy (non-hydrogen) atoms. The van der Waals surface area contributed by atoms with Gasteiger partial charge >= 0.3 is 0 Å². The Bertz CT molecular complexity index is 712. The molecule has 0 saturated heterocycles. The van der Waals surface area contributed by atoms with Crippen molar-refractivity contribution in [1.29, 1.82) is 0 Å². The van der Waals surface area contributed by atoms with Gasteiger partial charge in [0.2, 0.25) is 5.78 Å². The molecule has 1 aromatic carbocycles. The van der Waals surface area contributed by atoms with Crippen LogP contribution in [0.1, 0.15) is 17.1 Å². The lowest BCUT2D eigenvalue weighted by molar-refractivity contribution is 0.766. The van der Waals surface area contributed by atoms with Crippen LogP contribution in [0.2, 0.25) is 0 Å². The third-order valence-corrected chi connectivity index (χ3v) is 4.23. The Hall–Kier alpha value is -1.62. The number of hydrogen-bond acceptors (Lipinski definition) is 2. The van der Waals surface area contributed by atoms with Crippen LogP contribution < -0.4 is 0 Å². The molecule has 0 aliphatic rings. The van der Waals surface area contributed by atoms with E-state index in [9.17, 15) is 0 Å². The number of aromatic nitrogens is 4. The molecule has 0 aliphatic carbocycles. The second-order valence-electron chi connectivity index (χ2n) is 4.66. The van der Waals surface area contributed by atoms with Gasteiger partial charge in [-0.05, 0) is 34.8 Å². The van der Waals surface area contributed by atoms with Crippen LogP contribution >= 0.6 is 15.9 Å². The zero-order valence-corrected chi connectivity index (χ0v) is 12.6. The maximum Gasteiger partial charge on any atom is 0.233 e. The van der Waals surface area contributed by atoms with Crippen LogP contribution in [0.25, 0.3) is 5.78 Å². The van der Waals surface area contributed by atoms with E-state index in [1.54, 1.807) is 0 Å². The number of aryl methyl sites for hydroxylation is 4. The molecule has 0 N–H and O–H groups in total. The van der Waals surface area contributed by atoms with Crippen molar-refractivity contribution in [1.82, 2.24) is 19.2 Å². The third-order valence-electron chi connectivity index (χ3n) is 3.32. The molecule has 0 aliphatic heterocycles. The molecule has 4 nitrogen and oxygen atoms in total. The highest BCUT2D eigenvalue weighted by Gasteiger charge is 2.14. The molecule has 98 valence electrons. The van der Waals surface area contributed by atoms with Crippen LogP contribution in [0.4, 0.5) is 0 Å². The number of hydrogen-bond donors (Lipinski definition) is 0. The zero-order valence-electron chi connectivity index (χ0n) is 11.0. The van der Waals surface area contributed by atoms with Crippen molar-refractivity contribution in [2.75, 3.05) is 0 Å². The first-order valence-electron chi connectivity index (χ1n) is 6.27. The lowest BCUT2D eigenvalue weighted by atomic mass is 10.1. The summed E-state index contributed by atoms with van der Waals surface area (Å²) >= 11 is 3.52. The van der Waals surface area contributed by atoms with Gasteiger partial charge in [0.25, 0.3) is 0 Å². The molecule has 2 aromatic heterocycles. The minimum atomic E-state index is 0.882. The molecule has 0 unspecified atom stereocenters. The summed E-state index contributed by atoms with van der Waals surface area (Å²) in [6.45, 7) is 1.97. The Balaban J connectivity index is 1.87. The summed E-state index contributed by atoms with van der Waals surface area (Å²) in [7, 11) is 2.02. The number of rotatable bonds is 3. The SMILES string of the molecule is Cc1nc2n(C)c(CCc3ccccc3)nn2c1Br. The summed E-state index contributed by atoms with van der Waals surface area (Å²) in [6.07, 6.45) is 1.90. The Morgan fingerprint density at radius 3 is 2.58 bits per heavy atom. The van der Waals surface area contributed by atoms with E-state index in [-0.39, 0.29) is 0 Å². The maximum absolute atomic E-state index is 4.62. The number of nitrogens with zero attached hydrogens (tertiary/aromatic N) is 4. The fraction of sp³-hybridized carbons (Fsp3) is 0.286. The topological polar surface area (TPSA) is 35.1 Å². The van der Waals surface area contributed by atoms with E-state index in [2.05, 4.69) is 54.8 Å². The summed E-state index contributed by atoms with van der Waals surface area (Å²) in [5.41, 5.74) is 2.30. The monoisotopic (exact) mass is 318 g/mol. The molecule has 0 fully saturated rings. The summed E-state index contributed by atoms with van der Waals surface area (Å²) in [6, 6.07) is 10.5. The molecule has 2 heterocycles. The maximum atomic E-state index is 4.62. The van der Waals surface area contributed by atoms with E-state index >= 15 is 0 Å². The second-order valence-corrected chi connectivity index (χ2v) is 5.41. The second kappa shape index (κ2) is 4.81. The highest BCUT2D eigenvalue weighted by molar-refractivity contribution is 9.10. The Labute approximate surface area is 120 Å². The van der Waals surface area contributed by atoms with Crippen LogP contribution in [0, 0.1) is 6.92 Å². The molecule has 0 saturated carbocycles. The van der Waals surface area contributed by atoms with Crippen molar-refractivity contribution in [3.8, 4) is 0 Å². The normalized spacial score (nSPS) is 11.3. The first kappa shape index (κ1) is 12.4. The summed E-state index contributed by atoms with van der Waals surface area (Å²) < 4.78 is 4.85. The molecular formula is C14H15BrN4. The van der Waals surface area contributed by atoms with Crippen molar-refractivity contribution < 1.29 is 0 Å². The molecule has 0 bridgehead atoms. The molecule has 5 heteroatoms. The minimum absolute atomic E-state index is 0.882. The summed E-state index contributed by atoms with van der Waals surface area (Å²) in [5, 5.41) is 4.62. The summed E-state index contributed by atoms with van der Waals surface area (Å²) in [5.74, 6) is 1.93. The van der Waals surface area contributed by atoms with Gasteiger partial charge in [-0.25, -0.2) is 4.98 Å². The van der Waals surface area contributed by atoms with Gasteiger partial charge in [0.15, 0.2) is 0 Å².